The third-order valence-electron chi connectivity index (χ3n) is 6.60. The van der Waals surface area contributed by atoms with Gasteiger partial charge in [-0.05, 0) is 43.2 Å². The molecule has 176 valence electrons. The maximum atomic E-state index is 13.2. The number of hydrogen-bond acceptors (Lipinski definition) is 5. The number of ether oxygens (including phenoxy) is 1. The van der Waals surface area contributed by atoms with E-state index >= 15 is 0 Å². The molecule has 8 heteroatoms. The molecule has 0 spiro atoms. The lowest BCUT2D eigenvalue weighted by Gasteiger charge is -2.39. The number of fused-ring (bicyclic) bond motifs is 1. The summed E-state index contributed by atoms with van der Waals surface area (Å²) in [6.07, 6.45) is 2.82. The standard InChI is InChI=1S/C26H30N6O2/c1-16-13-32(14-16)19-6-7-21-23(12-19)31(4)26(28-21)29-25(33)18-10-17(2)27-22(11-18)20-15-30(3)9-8-24(20)34-5/h6-7,10-12,15-16H,8-9,13-14H2,1-5H3/p+1. The number of allylic oxidation sites excluding steroid dienone is 1. The molecular weight excluding hydrogens is 428 g/mol. The molecule has 0 radical (unpaired) electrons. The van der Waals surface area contributed by atoms with Gasteiger partial charge in [-0.3, -0.25) is 15.1 Å². The highest BCUT2D eigenvalue weighted by molar-refractivity contribution is 6.10. The van der Waals surface area contributed by atoms with Crippen molar-refractivity contribution in [3.8, 4) is 0 Å². The van der Waals surface area contributed by atoms with Gasteiger partial charge in [0, 0.05) is 37.1 Å². The Kier molecular flexibility index (Phi) is 5.59. The number of hydrogen-bond donors (Lipinski definition) is 1. The molecular formula is C26H31N6O2+. The van der Waals surface area contributed by atoms with Gasteiger partial charge in [0.1, 0.15) is 24.9 Å². The summed E-state index contributed by atoms with van der Waals surface area (Å²) in [6, 6.07) is 9.88. The lowest BCUT2D eigenvalue weighted by molar-refractivity contribution is -0.492. The van der Waals surface area contributed by atoms with Gasteiger partial charge in [0.05, 0.1) is 30.3 Å². The number of nitrogens with zero attached hydrogens (tertiary/aromatic N) is 5. The summed E-state index contributed by atoms with van der Waals surface area (Å²) in [5.74, 6) is 1.91. The predicted molar refractivity (Wildman–Crippen MR) is 135 cm³/mol. The van der Waals surface area contributed by atoms with Crippen LogP contribution in [0.5, 0.6) is 0 Å². The number of imidazole rings is 1. The minimum atomic E-state index is -0.217. The van der Waals surface area contributed by atoms with Crippen LogP contribution in [0.2, 0.25) is 0 Å². The number of anilines is 2. The first-order valence-electron chi connectivity index (χ1n) is 11.7. The van der Waals surface area contributed by atoms with Gasteiger partial charge in [0.25, 0.3) is 5.91 Å². The third-order valence-corrected chi connectivity index (χ3v) is 6.60. The van der Waals surface area contributed by atoms with Crippen molar-refractivity contribution in [3.63, 3.8) is 0 Å². The number of benzene rings is 1. The maximum Gasteiger partial charge on any atom is 0.258 e. The van der Waals surface area contributed by atoms with Crippen LogP contribution < -0.4 is 10.2 Å². The van der Waals surface area contributed by atoms with Gasteiger partial charge in [-0.1, -0.05) is 6.92 Å². The number of pyridine rings is 1. The molecule has 0 aliphatic carbocycles. The summed E-state index contributed by atoms with van der Waals surface area (Å²) < 4.78 is 9.64. The molecule has 1 fully saturated rings. The molecule has 1 amide bonds. The topological polar surface area (TPSA) is 75.3 Å². The molecule has 1 aromatic carbocycles. The number of carbonyl (C=O) groups is 1. The van der Waals surface area contributed by atoms with Crippen LogP contribution in [-0.4, -0.2) is 65.0 Å². The first kappa shape index (κ1) is 22.1. The van der Waals surface area contributed by atoms with Crippen LogP contribution in [0.1, 0.15) is 35.1 Å². The average molecular weight is 460 g/mol. The Morgan fingerprint density at radius 1 is 1.21 bits per heavy atom. The number of amides is 1. The molecule has 8 nitrogen and oxygen atoms in total. The van der Waals surface area contributed by atoms with Crippen LogP contribution in [0.3, 0.4) is 0 Å². The smallest absolute Gasteiger partial charge is 0.258 e. The van der Waals surface area contributed by atoms with Crippen molar-refractivity contribution in [2.24, 2.45) is 13.0 Å². The van der Waals surface area contributed by atoms with E-state index in [2.05, 4.69) is 43.8 Å². The predicted octanol–water partition coefficient (Wildman–Crippen LogP) is 3.46. The van der Waals surface area contributed by atoms with Gasteiger partial charge in [-0.15, -0.1) is 0 Å². The molecule has 2 aromatic heterocycles. The monoisotopic (exact) mass is 459 g/mol. The SMILES string of the molecule is COC1=C(c2cc(C(=O)Nc3nc4ccc(N5CC(C)C5)cc4n3C)cc(C)n2)C=[N+](C)CC1. The molecule has 2 aliphatic rings. The second-order valence-electron chi connectivity index (χ2n) is 9.41. The number of rotatable bonds is 5. The summed E-state index contributed by atoms with van der Waals surface area (Å²) in [6.45, 7) is 7.19. The van der Waals surface area contributed by atoms with E-state index in [4.69, 9.17) is 4.74 Å². The molecule has 0 saturated carbocycles. The fourth-order valence-corrected chi connectivity index (χ4v) is 4.70. The van der Waals surface area contributed by atoms with Gasteiger partial charge in [-0.25, -0.2) is 9.56 Å². The molecule has 1 saturated heterocycles. The Bertz CT molecular complexity index is 1350. The second kappa shape index (κ2) is 8.59. The van der Waals surface area contributed by atoms with E-state index in [9.17, 15) is 4.79 Å². The molecule has 34 heavy (non-hydrogen) atoms. The van der Waals surface area contributed by atoms with Gasteiger partial charge in [0.2, 0.25) is 5.95 Å². The lowest BCUT2D eigenvalue weighted by Crippen LogP contribution is -2.45. The highest BCUT2D eigenvalue weighted by Crippen LogP contribution is 2.29. The average Bonchev–Trinajstić information content (AvgIpc) is 3.11. The first-order valence-corrected chi connectivity index (χ1v) is 11.7. The second-order valence-corrected chi connectivity index (χ2v) is 9.41. The fraction of sp³-hybridized carbons (Fsp3) is 0.385. The molecule has 3 aromatic rings. The van der Waals surface area contributed by atoms with Crippen molar-refractivity contribution in [1.29, 1.82) is 0 Å². The van der Waals surface area contributed by atoms with E-state index in [0.29, 0.717) is 11.5 Å². The Labute approximate surface area is 199 Å². The van der Waals surface area contributed by atoms with E-state index in [-0.39, 0.29) is 5.91 Å². The van der Waals surface area contributed by atoms with E-state index < -0.39 is 0 Å². The number of nitrogens with one attached hydrogen (secondary N) is 1. The number of carbonyl (C=O) groups excluding carboxylic acids is 1. The Balaban J connectivity index is 1.43. The van der Waals surface area contributed by atoms with Crippen molar-refractivity contribution in [3.05, 3.63) is 53.0 Å². The van der Waals surface area contributed by atoms with Crippen molar-refractivity contribution < 1.29 is 14.1 Å². The quantitative estimate of drug-likeness (QED) is 0.592. The molecule has 0 unspecified atom stereocenters. The Morgan fingerprint density at radius 2 is 2.00 bits per heavy atom. The third kappa shape index (κ3) is 4.04. The van der Waals surface area contributed by atoms with Crippen LogP contribution >= 0.6 is 0 Å². The van der Waals surface area contributed by atoms with Crippen molar-refractivity contribution in [1.82, 2.24) is 14.5 Å². The van der Waals surface area contributed by atoms with Gasteiger partial charge in [0.15, 0.2) is 6.21 Å². The van der Waals surface area contributed by atoms with Crippen molar-refractivity contribution in [2.75, 3.05) is 44.0 Å². The number of aromatic nitrogens is 3. The summed E-state index contributed by atoms with van der Waals surface area (Å²) in [5.41, 5.74) is 5.98. The maximum absolute atomic E-state index is 13.2. The molecule has 0 bridgehead atoms. The fourth-order valence-electron chi connectivity index (χ4n) is 4.70. The highest BCUT2D eigenvalue weighted by atomic mass is 16.5. The van der Waals surface area contributed by atoms with E-state index in [0.717, 1.165) is 65.7 Å². The van der Waals surface area contributed by atoms with Crippen LogP contribution in [0, 0.1) is 12.8 Å². The van der Waals surface area contributed by atoms with Crippen LogP contribution in [0.25, 0.3) is 16.6 Å². The van der Waals surface area contributed by atoms with E-state index in [1.54, 1.807) is 13.2 Å². The van der Waals surface area contributed by atoms with Crippen LogP contribution in [-0.2, 0) is 11.8 Å². The Hall–Kier alpha value is -3.68. The lowest BCUT2D eigenvalue weighted by atomic mass is 10.0. The van der Waals surface area contributed by atoms with Crippen molar-refractivity contribution in [2.45, 2.75) is 20.3 Å². The van der Waals surface area contributed by atoms with E-state index in [1.807, 2.05) is 43.9 Å². The number of aryl methyl sites for hydroxylation is 2. The first-order chi connectivity index (χ1) is 16.3. The van der Waals surface area contributed by atoms with Gasteiger partial charge < -0.3 is 14.2 Å². The molecule has 1 N–H and O–H groups in total. The summed E-state index contributed by atoms with van der Waals surface area (Å²) in [4.78, 5) is 24.9. The zero-order valence-corrected chi connectivity index (χ0v) is 20.4. The number of methoxy groups -OCH3 is 1. The van der Waals surface area contributed by atoms with Crippen LogP contribution in [0.4, 0.5) is 11.6 Å². The minimum absolute atomic E-state index is 0.217. The zero-order chi connectivity index (χ0) is 24.0. The highest BCUT2D eigenvalue weighted by Gasteiger charge is 2.24. The molecule has 2 aliphatic heterocycles. The molecule has 4 heterocycles. The Morgan fingerprint density at radius 3 is 2.74 bits per heavy atom. The minimum Gasteiger partial charge on any atom is -0.500 e. The van der Waals surface area contributed by atoms with E-state index in [1.165, 1.54) is 5.69 Å². The zero-order valence-electron chi connectivity index (χ0n) is 20.4. The van der Waals surface area contributed by atoms with Gasteiger partial charge >= 0.3 is 0 Å². The van der Waals surface area contributed by atoms with Gasteiger partial charge in [-0.2, -0.15) is 0 Å². The summed E-state index contributed by atoms with van der Waals surface area (Å²) >= 11 is 0. The summed E-state index contributed by atoms with van der Waals surface area (Å²) in [5, 5.41) is 2.99. The summed E-state index contributed by atoms with van der Waals surface area (Å²) in [7, 11) is 5.63. The van der Waals surface area contributed by atoms with Crippen LogP contribution in [0.15, 0.2) is 36.1 Å². The molecule has 5 rings (SSSR count). The largest absolute Gasteiger partial charge is 0.500 e. The van der Waals surface area contributed by atoms with Crippen molar-refractivity contribution >= 4 is 40.4 Å². The molecule has 0 atom stereocenters. The normalized spacial score (nSPS) is 16.5.